The molecule has 0 amide bonds. The second-order valence-corrected chi connectivity index (χ2v) is 5.32. The predicted octanol–water partition coefficient (Wildman–Crippen LogP) is 1.85. The van der Waals surface area contributed by atoms with E-state index in [0.717, 1.165) is 24.4 Å². The number of rotatable bonds is 4. The van der Waals surface area contributed by atoms with E-state index in [0.29, 0.717) is 30.2 Å². The third-order valence-electron chi connectivity index (χ3n) is 3.60. The van der Waals surface area contributed by atoms with Crippen LogP contribution in [-0.2, 0) is 6.54 Å². The van der Waals surface area contributed by atoms with Gasteiger partial charge in [0, 0.05) is 30.8 Å². The van der Waals surface area contributed by atoms with Crippen molar-refractivity contribution in [2.45, 2.75) is 38.3 Å². The minimum absolute atomic E-state index is 0. The lowest BCUT2D eigenvalue weighted by Crippen LogP contribution is -2.35. The predicted molar refractivity (Wildman–Crippen MR) is 87.6 cm³/mol. The molecule has 0 aliphatic heterocycles. The molecule has 0 unspecified atom stereocenters. The summed E-state index contributed by atoms with van der Waals surface area (Å²) in [5.74, 6) is 2.54. The number of hydrogen-bond acceptors (Lipinski definition) is 7. The molecule has 22 heavy (non-hydrogen) atoms. The van der Waals surface area contributed by atoms with Crippen molar-refractivity contribution < 1.29 is 4.52 Å². The van der Waals surface area contributed by atoms with E-state index in [4.69, 9.17) is 10.3 Å². The molecule has 9 heteroatoms. The molecule has 122 valence electrons. The number of halogens is 2. The number of hydrogen-bond donors (Lipinski definition) is 1. The van der Waals surface area contributed by atoms with E-state index in [1.807, 2.05) is 18.0 Å². The Hall–Kier alpha value is -1.44. The topological polar surface area (TPSA) is 94.0 Å². The Labute approximate surface area is 141 Å². The fourth-order valence-corrected chi connectivity index (χ4v) is 2.39. The van der Waals surface area contributed by atoms with E-state index >= 15 is 0 Å². The normalized spacial score (nSPS) is 19.6. The average molecular weight is 347 g/mol. The Morgan fingerprint density at radius 1 is 1.32 bits per heavy atom. The number of anilines is 1. The molecule has 1 aliphatic carbocycles. The molecule has 2 heterocycles. The fraction of sp³-hybridized carbons (Fsp3) is 0.538. The monoisotopic (exact) mass is 346 g/mol. The van der Waals surface area contributed by atoms with Crippen LogP contribution in [0.4, 0.5) is 5.82 Å². The highest BCUT2D eigenvalue weighted by atomic mass is 35.5. The van der Waals surface area contributed by atoms with E-state index in [1.165, 1.54) is 0 Å². The standard InChI is InChI=1S/C13H18N6O.2ClH/c1-8-17-13(20-18-8)6-19(2)12-5-11(15-7-16-12)9-3-10(14)4-9;;/h5,7,9-10H,3-4,6,14H2,1-2H3;2*1H. The summed E-state index contributed by atoms with van der Waals surface area (Å²) in [5.41, 5.74) is 6.89. The first kappa shape index (κ1) is 18.6. The van der Waals surface area contributed by atoms with Crippen molar-refractivity contribution in [1.29, 1.82) is 0 Å². The number of aromatic nitrogens is 4. The summed E-state index contributed by atoms with van der Waals surface area (Å²) < 4.78 is 5.12. The minimum atomic E-state index is 0. The van der Waals surface area contributed by atoms with Crippen LogP contribution in [-0.4, -0.2) is 33.2 Å². The molecule has 2 aromatic heterocycles. The number of nitrogens with two attached hydrogens (primary N) is 1. The molecule has 3 rings (SSSR count). The van der Waals surface area contributed by atoms with Gasteiger partial charge in [-0.3, -0.25) is 0 Å². The van der Waals surface area contributed by atoms with Crippen LogP contribution in [0.25, 0.3) is 0 Å². The van der Waals surface area contributed by atoms with Crippen LogP contribution in [0.3, 0.4) is 0 Å². The third kappa shape index (κ3) is 4.06. The van der Waals surface area contributed by atoms with E-state index in [-0.39, 0.29) is 24.8 Å². The molecule has 1 saturated carbocycles. The van der Waals surface area contributed by atoms with Gasteiger partial charge in [-0.25, -0.2) is 9.97 Å². The molecule has 7 nitrogen and oxygen atoms in total. The first-order valence-corrected chi connectivity index (χ1v) is 6.69. The SMILES string of the molecule is Cc1noc(CN(C)c2cc(C3CC(N)C3)ncn2)n1.Cl.Cl. The lowest BCUT2D eigenvalue weighted by molar-refractivity contribution is 0.345. The van der Waals surface area contributed by atoms with Gasteiger partial charge in [0.1, 0.15) is 12.1 Å². The lowest BCUT2D eigenvalue weighted by atomic mass is 9.78. The van der Waals surface area contributed by atoms with Crippen LogP contribution in [0, 0.1) is 6.92 Å². The van der Waals surface area contributed by atoms with Gasteiger partial charge >= 0.3 is 0 Å². The Balaban J connectivity index is 0.00000121. The van der Waals surface area contributed by atoms with Crippen LogP contribution in [0.15, 0.2) is 16.9 Å². The third-order valence-corrected chi connectivity index (χ3v) is 3.60. The highest BCUT2D eigenvalue weighted by molar-refractivity contribution is 5.85. The Kier molecular flexibility index (Phi) is 6.52. The van der Waals surface area contributed by atoms with Gasteiger partial charge in [-0.2, -0.15) is 4.98 Å². The van der Waals surface area contributed by atoms with Gasteiger partial charge in [-0.1, -0.05) is 5.16 Å². The van der Waals surface area contributed by atoms with Gasteiger partial charge < -0.3 is 15.2 Å². The van der Waals surface area contributed by atoms with Gasteiger partial charge in [0.25, 0.3) is 0 Å². The van der Waals surface area contributed by atoms with E-state index in [1.54, 1.807) is 13.3 Å². The van der Waals surface area contributed by atoms with Gasteiger partial charge in [0.05, 0.1) is 6.54 Å². The molecule has 0 radical (unpaired) electrons. The van der Waals surface area contributed by atoms with Crippen molar-refractivity contribution in [3.8, 4) is 0 Å². The maximum Gasteiger partial charge on any atom is 0.246 e. The van der Waals surface area contributed by atoms with Crippen molar-refractivity contribution in [3.05, 3.63) is 29.8 Å². The van der Waals surface area contributed by atoms with Crippen LogP contribution in [0.1, 0.15) is 36.2 Å². The molecule has 2 N–H and O–H groups in total. The summed E-state index contributed by atoms with van der Waals surface area (Å²) in [6, 6.07) is 2.33. The Bertz CT molecular complexity index is 602. The lowest BCUT2D eigenvalue weighted by Gasteiger charge is -2.32. The van der Waals surface area contributed by atoms with E-state index in [2.05, 4.69) is 20.1 Å². The van der Waals surface area contributed by atoms with Crippen molar-refractivity contribution in [3.63, 3.8) is 0 Å². The molecular formula is C13H20Cl2N6O. The maximum atomic E-state index is 5.83. The van der Waals surface area contributed by atoms with Crippen molar-refractivity contribution in [2.24, 2.45) is 5.73 Å². The highest BCUT2D eigenvalue weighted by Crippen LogP contribution is 2.35. The van der Waals surface area contributed by atoms with Crippen LogP contribution >= 0.6 is 24.8 Å². The quantitative estimate of drug-likeness (QED) is 0.902. The first-order valence-electron chi connectivity index (χ1n) is 6.69. The summed E-state index contributed by atoms with van der Waals surface area (Å²) in [6.45, 7) is 2.33. The number of nitrogens with zero attached hydrogens (tertiary/aromatic N) is 5. The summed E-state index contributed by atoms with van der Waals surface area (Å²) in [7, 11) is 1.94. The minimum Gasteiger partial charge on any atom is -0.350 e. The van der Waals surface area contributed by atoms with E-state index < -0.39 is 0 Å². The van der Waals surface area contributed by atoms with Gasteiger partial charge in [0.15, 0.2) is 5.82 Å². The zero-order chi connectivity index (χ0) is 14.1. The van der Waals surface area contributed by atoms with Crippen molar-refractivity contribution in [2.75, 3.05) is 11.9 Å². The van der Waals surface area contributed by atoms with E-state index in [9.17, 15) is 0 Å². The highest BCUT2D eigenvalue weighted by Gasteiger charge is 2.28. The molecule has 0 aromatic carbocycles. The zero-order valence-electron chi connectivity index (χ0n) is 12.5. The van der Waals surface area contributed by atoms with Gasteiger partial charge in [0.2, 0.25) is 5.89 Å². The van der Waals surface area contributed by atoms with Crippen LogP contribution < -0.4 is 10.6 Å². The molecule has 1 fully saturated rings. The second-order valence-electron chi connectivity index (χ2n) is 5.32. The Morgan fingerprint density at radius 3 is 2.64 bits per heavy atom. The van der Waals surface area contributed by atoms with Crippen LogP contribution in [0.2, 0.25) is 0 Å². The van der Waals surface area contributed by atoms with Crippen molar-refractivity contribution >= 4 is 30.6 Å². The maximum absolute atomic E-state index is 5.83. The Morgan fingerprint density at radius 2 is 2.05 bits per heavy atom. The summed E-state index contributed by atoms with van der Waals surface area (Å²) in [5, 5.41) is 3.78. The summed E-state index contributed by atoms with van der Waals surface area (Å²) in [6.07, 6.45) is 3.61. The first-order chi connectivity index (χ1) is 9.61. The molecule has 1 aliphatic rings. The molecule has 2 aromatic rings. The molecule has 0 saturated heterocycles. The summed E-state index contributed by atoms with van der Waals surface area (Å²) >= 11 is 0. The van der Waals surface area contributed by atoms with Gasteiger partial charge in [-0.05, 0) is 19.8 Å². The average Bonchev–Trinajstić information content (AvgIpc) is 2.80. The molecule has 0 bridgehead atoms. The smallest absolute Gasteiger partial charge is 0.246 e. The second kappa shape index (κ2) is 7.71. The summed E-state index contributed by atoms with van der Waals surface area (Å²) in [4.78, 5) is 14.8. The molecule has 0 spiro atoms. The fourth-order valence-electron chi connectivity index (χ4n) is 2.39. The number of aryl methyl sites for hydroxylation is 1. The molecule has 0 atom stereocenters. The van der Waals surface area contributed by atoms with Crippen molar-refractivity contribution in [1.82, 2.24) is 20.1 Å². The van der Waals surface area contributed by atoms with Crippen LogP contribution in [0.5, 0.6) is 0 Å². The van der Waals surface area contributed by atoms with Gasteiger partial charge in [-0.15, -0.1) is 24.8 Å². The zero-order valence-corrected chi connectivity index (χ0v) is 14.1. The molecular weight excluding hydrogens is 327 g/mol. The largest absolute Gasteiger partial charge is 0.350 e.